The molecule has 0 aliphatic carbocycles. The van der Waals surface area contributed by atoms with Crippen LogP contribution in [0.3, 0.4) is 0 Å². The number of hydrogen-bond donors (Lipinski definition) is 1. The van der Waals surface area contributed by atoms with E-state index in [1.54, 1.807) is 32.5 Å². The van der Waals surface area contributed by atoms with Gasteiger partial charge in [0.15, 0.2) is 18.1 Å². The molecule has 2 aromatic rings. The summed E-state index contributed by atoms with van der Waals surface area (Å²) in [6.07, 6.45) is 5.23. The molecule has 0 aliphatic heterocycles. The third-order valence-corrected chi connectivity index (χ3v) is 3.83. The molecule has 1 amide bonds. The molecular formula is C16H15N3O3S. The van der Waals surface area contributed by atoms with Gasteiger partial charge >= 0.3 is 0 Å². The van der Waals surface area contributed by atoms with Gasteiger partial charge < -0.3 is 14.8 Å². The Morgan fingerprint density at radius 2 is 2.26 bits per heavy atom. The standard InChI is InChI=1S/C16H15N3O3S/c1-18-16(20)14-10-19-15(23-14)6-4-11-3-5-12(22-8-7-17)13(9-11)21-2/h3-6,9-10H,8H2,1-2H3,(H,18,20)/b6-4+. The molecule has 0 spiro atoms. The molecule has 118 valence electrons. The van der Waals surface area contributed by atoms with E-state index in [-0.39, 0.29) is 12.5 Å². The summed E-state index contributed by atoms with van der Waals surface area (Å²) in [4.78, 5) is 16.2. The number of aromatic nitrogens is 1. The number of thiazole rings is 1. The van der Waals surface area contributed by atoms with Gasteiger partial charge in [-0.2, -0.15) is 5.26 Å². The number of methoxy groups -OCH3 is 1. The van der Waals surface area contributed by atoms with Crippen LogP contribution < -0.4 is 14.8 Å². The lowest BCUT2D eigenvalue weighted by atomic mass is 10.2. The Hall–Kier alpha value is -2.85. The second-order valence-electron chi connectivity index (χ2n) is 4.33. The number of nitrogens with one attached hydrogen (secondary N) is 1. The highest BCUT2D eigenvalue weighted by Crippen LogP contribution is 2.29. The Kier molecular flexibility index (Phi) is 5.72. The molecule has 0 unspecified atom stereocenters. The molecule has 0 saturated carbocycles. The van der Waals surface area contributed by atoms with E-state index < -0.39 is 0 Å². The monoisotopic (exact) mass is 329 g/mol. The number of carbonyl (C=O) groups excluding carboxylic acids is 1. The number of carbonyl (C=O) groups is 1. The van der Waals surface area contributed by atoms with E-state index in [9.17, 15) is 4.79 Å². The second-order valence-corrected chi connectivity index (χ2v) is 5.39. The van der Waals surface area contributed by atoms with Crippen molar-refractivity contribution < 1.29 is 14.3 Å². The molecule has 0 bridgehead atoms. The summed E-state index contributed by atoms with van der Waals surface area (Å²) in [6, 6.07) is 7.31. The smallest absolute Gasteiger partial charge is 0.262 e. The van der Waals surface area contributed by atoms with Crippen LogP contribution in [0.25, 0.3) is 12.2 Å². The van der Waals surface area contributed by atoms with Crippen LogP contribution in [0.15, 0.2) is 24.4 Å². The number of amides is 1. The van der Waals surface area contributed by atoms with Gasteiger partial charge in [0, 0.05) is 7.05 Å². The van der Waals surface area contributed by atoms with Crippen molar-refractivity contribution in [2.75, 3.05) is 20.8 Å². The first-order valence-electron chi connectivity index (χ1n) is 6.71. The topological polar surface area (TPSA) is 84.2 Å². The van der Waals surface area contributed by atoms with Gasteiger partial charge in [0.25, 0.3) is 5.91 Å². The van der Waals surface area contributed by atoms with Gasteiger partial charge in [-0.15, -0.1) is 11.3 Å². The highest BCUT2D eigenvalue weighted by molar-refractivity contribution is 7.14. The van der Waals surface area contributed by atoms with Crippen molar-refractivity contribution >= 4 is 29.4 Å². The SMILES string of the molecule is CNC(=O)c1cnc(/C=C/c2ccc(OCC#N)c(OC)c2)s1. The summed E-state index contributed by atoms with van der Waals surface area (Å²) in [5.41, 5.74) is 0.892. The van der Waals surface area contributed by atoms with Crippen LogP contribution in [0, 0.1) is 11.3 Å². The molecule has 23 heavy (non-hydrogen) atoms. The van der Waals surface area contributed by atoms with Crippen molar-refractivity contribution in [3.05, 3.63) is 39.8 Å². The average molecular weight is 329 g/mol. The molecule has 1 aromatic carbocycles. The van der Waals surface area contributed by atoms with Gasteiger partial charge in [0.05, 0.1) is 13.3 Å². The van der Waals surface area contributed by atoms with Crippen LogP contribution in [0.1, 0.15) is 20.2 Å². The molecule has 1 N–H and O–H groups in total. The number of rotatable bonds is 6. The van der Waals surface area contributed by atoms with E-state index in [0.29, 0.717) is 16.4 Å². The van der Waals surface area contributed by atoms with Gasteiger partial charge in [-0.1, -0.05) is 12.1 Å². The third-order valence-electron chi connectivity index (χ3n) is 2.87. The number of benzene rings is 1. The first-order valence-corrected chi connectivity index (χ1v) is 7.53. The van der Waals surface area contributed by atoms with Crippen molar-refractivity contribution in [2.45, 2.75) is 0 Å². The van der Waals surface area contributed by atoms with Gasteiger partial charge in [0.2, 0.25) is 0 Å². The van der Waals surface area contributed by atoms with Crippen molar-refractivity contribution in [1.29, 1.82) is 5.26 Å². The van der Waals surface area contributed by atoms with Crippen LogP contribution in [0.4, 0.5) is 0 Å². The predicted octanol–water partition coefficient (Wildman–Crippen LogP) is 2.58. The Labute approximate surface area is 138 Å². The second kappa shape index (κ2) is 7.96. The molecule has 6 nitrogen and oxygen atoms in total. The predicted molar refractivity (Wildman–Crippen MR) is 88.5 cm³/mol. The summed E-state index contributed by atoms with van der Waals surface area (Å²) in [6.45, 7) is -0.0348. The van der Waals surface area contributed by atoms with Gasteiger partial charge in [-0.05, 0) is 23.8 Å². The minimum absolute atomic E-state index is 0.0348. The third kappa shape index (κ3) is 4.31. The van der Waals surface area contributed by atoms with Crippen LogP contribution >= 0.6 is 11.3 Å². The lowest BCUT2D eigenvalue weighted by molar-refractivity contribution is 0.0967. The van der Waals surface area contributed by atoms with Gasteiger partial charge in [-0.3, -0.25) is 4.79 Å². The van der Waals surface area contributed by atoms with E-state index in [1.165, 1.54) is 11.3 Å². The summed E-state index contributed by atoms with van der Waals surface area (Å²) in [5.74, 6) is 0.915. The van der Waals surface area contributed by atoms with E-state index in [1.807, 2.05) is 24.3 Å². The maximum atomic E-state index is 11.5. The Balaban J connectivity index is 2.14. The zero-order chi connectivity index (χ0) is 16.7. The molecular weight excluding hydrogens is 314 g/mol. The van der Waals surface area contributed by atoms with E-state index in [0.717, 1.165) is 10.6 Å². The molecule has 0 radical (unpaired) electrons. The lowest BCUT2D eigenvalue weighted by Gasteiger charge is -2.08. The summed E-state index contributed by atoms with van der Waals surface area (Å²) >= 11 is 1.31. The minimum Gasteiger partial charge on any atom is -0.493 e. The zero-order valence-corrected chi connectivity index (χ0v) is 13.5. The van der Waals surface area contributed by atoms with Crippen molar-refractivity contribution in [2.24, 2.45) is 0 Å². The van der Waals surface area contributed by atoms with Crippen molar-refractivity contribution in [3.63, 3.8) is 0 Å². The largest absolute Gasteiger partial charge is 0.493 e. The number of nitrogens with zero attached hydrogens (tertiary/aromatic N) is 2. The van der Waals surface area contributed by atoms with Crippen molar-refractivity contribution in [1.82, 2.24) is 10.3 Å². The molecule has 7 heteroatoms. The normalized spacial score (nSPS) is 10.3. The maximum Gasteiger partial charge on any atom is 0.262 e. The molecule has 0 saturated heterocycles. The molecule has 2 rings (SSSR count). The number of nitriles is 1. The lowest BCUT2D eigenvalue weighted by Crippen LogP contribution is -2.16. The van der Waals surface area contributed by atoms with E-state index >= 15 is 0 Å². The molecule has 0 aliphatic rings. The Morgan fingerprint density at radius 1 is 1.43 bits per heavy atom. The summed E-state index contributed by atoms with van der Waals surface area (Å²) in [5, 5.41) is 11.8. The number of ether oxygens (including phenoxy) is 2. The van der Waals surface area contributed by atoms with Crippen LogP contribution in [-0.4, -0.2) is 31.7 Å². The van der Waals surface area contributed by atoms with Gasteiger partial charge in [-0.25, -0.2) is 4.98 Å². The molecule has 1 aromatic heterocycles. The first kappa shape index (κ1) is 16.5. The van der Waals surface area contributed by atoms with Crippen LogP contribution in [0.5, 0.6) is 11.5 Å². The zero-order valence-electron chi connectivity index (χ0n) is 12.7. The quantitative estimate of drug-likeness (QED) is 0.880. The fraction of sp³-hybridized carbons (Fsp3) is 0.188. The Morgan fingerprint density at radius 3 is 2.96 bits per heavy atom. The fourth-order valence-electron chi connectivity index (χ4n) is 1.78. The van der Waals surface area contributed by atoms with Gasteiger partial charge in [0.1, 0.15) is 16.0 Å². The van der Waals surface area contributed by atoms with Crippen molar-refractivity contribution in [3.8, 4) is 17.6 Å². The first-order chi connectivity index (χ1) is 11.2. The van der Waals surface area contributed by atoms with Crippen LogP contribution in [-0.2, 0) is 0 Å². The van der Waals surface area contributed by atoms with E-state index in [2.05, 4.69) is 10.3 Å². The van der Waals surface area contributed by atoms with E-state index in [4.69, 9.17) is 14.7 Å². The molecule has 0 fully saturated rings. The Bertz CT molecular complexity index is 762. The highest BCUT2D eigenvalue weighted by Gasteiger charge is 2.07. The molecule has 1 heterocycles. The van der Waals surface area contributed by atoms with Crippen LogP contribution in [0.2, 0.25) is 0 Å². The average Bonchev–Trinajstić information content (AvgIpc) is 3.06. The fourth-order valence-corrected chi connectivity index (χ4v) is 2.54. The molecule has 0 atom stereocenters. The minimum atomic E-state index is -0.150. The summed E-state index contributed by atoms with van der Waals surface area (Å²) < 4.78 is 10.5. The summed E-state index contributed by atoms with van der Waals surface area (Å²) in [7, 11) is 3.12. The maximum absolute atomic E-state index is 11.5. The highest BCUT2D eigenvalue weighted by atomic mass is 32.1. The number of hydrogen-bond acceptors (Lipinski definition) is 6.